The van der Waals surface area contributed by atoms with Crippen molar-refractivity contribution in [3.8, 4) is 0 Å². The molecule has 0 aliphatic heterocycles. The smallest absolute Gasteiger partial charge is 0.308 e. The van der Waals surface area contributed by atoms with Crippen molar-refractivity contribution in [1.29, 1.82) is 0 Å². The number of aliphatic hydroxyl groups excluding tert-OH is 1. The van der Waals surface area contributed by atoms with Crippen molar-refractivity contribution in [1.82, 2.24) is 0 Å². The fourth-order valence-corrected chi connectivity index (χ4v) is 8.41. The Morgan fingerprint density at radius 2 is 0.220 bits per heavy atom. The SMILES string of the molecule is CC(C)(C)OC(=O)CCOCCOCCOCCOCCOCCOCCOCCOCCOCCOCCOCCOCCOCCOCCOCCOCCOCCOCCOCCOCCOCCOCCOCCOCCOCCOCCOCCOCCOCCOCCOCCOCCOCCOCCOCCOCCO. The van der Waals surface area contributed by atoms with Crippen LogP contribution in [0.4, 0.5) is 0 Å². The minimum absolute atomic E-state index is 0.0148. The summed E-state index contributed by atoms with van der Waals surface area (Å²) < 4.78 is 203. The molecule has 0 bridgehead atoms. The Morgan fingerprint density at radius 1 is 0.144 bits per heavy atom. The molecule has 0 saturated heterocycles. The van der Waals surface area contributed by atoms with Gasteiger partial charge in [0.05, 0.1) is 489 Å². The van der Waals surface area contributed by atoms with Gasteiger partial charge >= 0.3 is 5.97 Å². The van der Waals surface area contributed by atoms with Crippen molar-refractivity contribution < 1.29 is 185 Å². The summed E-state index contributed by atoms with van der Waals surface area (Å²) in [4.78, 5) is 11.6. The van der Waals surface area contributed by atoms with Gasteiger partial charge in [-0.3, -0.25) is 4.79 Å². The fourth-order valence-electron chi connectivity index (χ4n) is 8.41. The number of carbonyl (C=O) groups is 1. The molecule has 0 aliphatic rings. The lowest BCUT2D eigenvalue weighted by Gasteiger charge is -2.19. The molecule has 0 aromatic heterocycles. The molecule has 0 saturated carbocycles. The zero-order valence-corrected chi connectivity index (χ0v) is 72.3. The van der Waals surface area contributed by atoms with Gasteiger partial charge in [-0.1, -0.05) is 0 Å². The Labute approximate surface area is 703 Å². The number of hydrogen-bond acceptors (Lipinski definition) is 39. The Hall–Kier alpha value is -2.01. The van der Waals surface area contributed by atoms with Crippen LogP contribution >= 0.6 is 0 Å². The van der Waals surface area contributed by atoms with Crippen LogP contribution < -0.4 is 0 Å². The molecule has 0 rings (SSSR count). The first-order valence-electron chi connectivity index (χ1n) is 42.1. The highest BCUT2D eigenvalue weighted by atomic mass is 16.6. The van der Waals surface area contributed by atoms with E-state index < -0.39 is 5.60 Å². The van der Waals surface area contributed by atoms with Crippen LogP contribution in [-0.4, -0.2) is 499 Å². The Morgan fingerprint density at radius 3 is 0.297 bits per heavy atom. The Kier molecular flexibility index (Phi) is 105. The van der Waals surface area contributed by atoms with Crippen molar-refractivity contribution in [2.24, 2.45) is 0 Å². The molecule has 0 radical (unpaired) electrons. The van der Waals surface area contributed by atoms with Crippen LogP contribution in [-0.2, 0) is 180 Å². The molecular weight excluding hydrogens is 1570 g/mol. The van der Waals surface area contributed by atoms with E-state index in [1.807, 2.05) is 20.8 Å². The molecule has 0 fully saturated rings. The summed E-state index contributed by atoms with van der Waals surface area (Å²) in [6.07, 6.45) is 0.221. The lowest BCUT2D eigenvalue weighted by Crippen LogP contribution is -2.24. The minimum Gasteiger partial charge on any atom is -0.460 e. The van der Waals surface area contributed by atoms with E-state index in [-0.39, 0.29) is 19.0 Å². The third-order valence-electron chi connectivity index (χ3n) is 14.1. The first kappa shape index (κ1) is 116. The molecule has 0 aromatic carbocycles. The van der Waals surface area contributed by atoms with Gasteiger partial charge in [0.15, 0.2) is 0 Å². The summed E-state index contributed by atoms with van der Waals surface area (Å²) in [5, 5.41) is 8.63. The van der Waals surface area contributed by atoms with Crippen LogP contribution in [0.15, 0.2) is 0 Å². The lowest BCUT2D eigenvalue weighted by atomic mass is 10.2. The minimum atomic E-state index is -0.487. The molecule has 708 valence electrons. The van der Waals surface area contributed by atoms with Crippen LogP contribution in [0.3, 0.4) is 0 Å². The maximum Gasteiger partial charge on any atom is 0.308 e. The van der Waals surface area contributed by atoms with Gasteiger partial charge in [0.2, 0.25) is 0 Å². The predicted octanol–water partition coefficient (Wildman–Crippen LogP) is 1.31. The first-order valence-corrected chi connectivity index (χ1v) is 42.1. The highest BCUT2D eigenvalue weighted by Gasteiger charge is 2.16. The third-order valence-corrected chi connectivity index (χ3v) is 14.1. The van der Waals surface area contributed by atoms with Gasteiger partial charge in [0, 0.05) is 0 Å². The molecule has 0 unspecified atom stereocenters. The van der Waals surface area contributed by atoms with Gasteiger partial charge in [-0.05, 0) is 20.8 Å². The second kappa shape index (κ2) is 107. The largest absolute Gasteiger partial charge is 0.460 e. The first-order chi connectivity index (χ1) is 58.5. The molecule has 0 heterocycles. The zero-order chi connectivity index (χ0) is 84.6. The molecule has 0 spiro atoms. The average molecular weight is 1730 g/mol. The van der Waals surface area contributed by atoms with Gasteiger partial charge in [0.25, 0.3) is 0 Å². The molecule has 0 aromatic rings. The summed E-state index contributed by atoms with van der Waals surface area (Å²) in [5.74, 6) is -0.273. The predicted molar refractivity (Wildman–Crippen MR) is 427 cm³/mol. The van der Waals surface area contributed by atoms with Crippen LogP contribution in [0.25, 0.3) is 0 Å². The molecule has 0 aliphatic carbocycles. The van der Waals surface area contributed by atoms with E-state index in [1.54, 1.807) is 0 Å². The molecule has 39 nitrogen and oxygen atoms in total. The Balaban J connectivity index is 3.11. The highest BCUT2D eigenvalue weighted by Crippen LogP contribution is 2.08. The zero-order valence-electron chi connectivity index (χ0n) is 72.3. The average Bonchev–Trinajstić information content (AvgIpc) is 0.951. The van der Waals surface area contributed by atoms with Gasteiger partial charge in [0.1, 0.15) is 5.60 Å². The second-order valence-electron chi connectivity index (χ2n) is 25.1. The van der Waals surface area contributed by atoms with Crippen LogP contribution in [0, 0.1) is 0 Å². The quantitative estimate of drug-likeness (QED) is 0.0662. The number of esters is 1. The maximum atomic E-state index is 11.6. The summed E-state index contributed by atoms with van der Waals surface area (Å²) in [6, 6.07) is 0. The van der Waals surface area contributed by atoms with E-state index in [2.05, 4.69) is 0 Å². The van der Waals surface area contributed by atoms with E-state index >= 15 is 0 Å². The Bertz CT molecular complexity index is 1760. The summed E-state index contributed by atoms with van der Waals surface area (Å²) in [7, 11) is 0. The standard InChI is InChI=1S/C79H158O39/c1-79(2,3)118-78(81)4-6-82-8-10-84-12-14-86-16-18-88-20-22-90-24-26-92-28-30-94-32-34-96-36-38-98-40-42-100-44-46-102-48-50-104-52-54-106-56-58-108-60-62-110-64-66-112-68-70-114-72-74-116-76-77-117-75-73-115-71-69-113-67-65-111-63-61-109-59-57-107-55-53-105-51-49-103-47-45-101-43-41-99-39-37-97-35-33-95-31-29-93-27-25-91-23-21-89-19-17-87-15-13-85-11-9-83-7-5-80/h80H,4-77H2,1-3H3. The second-order valence-corrected chi connectivity index (χ2v) is 25.1. The number of rotatable bonds is 110. The fraction of sp³-hybridized carbons (Fsp3) is 0.987. The van der Waals surface area contributed by atoms with Crippen LogP contribution in [0.2, 0.25) is 0 Å². The van der Waals surface area contributed by atoms with E-state index in [0.29, 0.717) is 476 Å². The van der Waals surface area contributed by atoms with Crippen molar-refractivity contribution in [2.75, 3.05) is 482 Å². The highest BCUT2D eigenvalue weighted by molar-refractivity contribution is 5.69. The summed E-state index contributed by atoms with van der Waals surface area (Å²) >= 11 is 0. The van der Waals surface area contributed by atoms with Crippen LogP contribution in [0.1, 0.15) is 27.2 Å². The molecule has 1 N–H and O–H groups in total. The van der Waals surface area contributed by atoms with E-state index in [1.165, 1.54) is 0 Å². The molecule has 0 amide bonds. The molecular formula is C79H158O39. The topological polar surface area (TPSA) is 379 Å². The molecule has 0 atom stereocenters. The van der Waals surface area contributed by atoms with Crippen molar-refractivity contribution in [2.45, 2.75) is 32.8 Å². The van der Waals surface area contributed by atoms with E-state index in [0.717, 1.165) is 0 Å². The summed E-state index contributed by atoms with van der Waals surface area (Å²) in [5.41, 5.74) is -0.487. The maximum absolute atomic E-state index is 11.6. The van der Waals surface area contributed by atoms with Crippen molar-refractivity contribution in [3.63, 3.8) is 0 Å². The summed E-state index contributed by atoms with van der Waals surface area (Å²) in [6.45, 7) is 39.4. The number of carbonyl (C=O) groups excluding carboxylic acids is 1. The van der Waals surface area contributed by atoms with Crippen molar-refractivity contribution >= 4 is 5.97 Å². The molecule has 118 heavy (non-hydrogen) atoms. The monoisotopic (exact) mass is 1730 g/mol. The number of aliphatic hydroxyl groups is 1. The van der Waals surface area contributed by atoms with Gasteiger partial charge in [-0.25, -0.2) is 0 Å². The van der Waals surface area contributed by atoms with Crippen molar-refractivity contribution in [3.05, 3.63) is 0 Å². The van der Waals surface area contributed by atoms with Gasteiger partial charge < -0.3 is 180 Å². The van der Waals surface area contributed by atoms with Gasteiger partial charge in [-0.2, -0.15) is 0 Å². The van der Waals surface area contributed by atoms with Crippen LogP contribution in [0.5, 0.6) is 0 Å². The van der Waals surface area contributed by atoms with Gasteiger partial charge in [-0.15, -0.1) is 0 Å². The third kappa shape index (κ3) is 112. The lowest BCUT2D eigenvalue weighted by molar-refractivity contribution is -0.156. The van der Waals surface area contributed by atoms with E-state index in [4.69, 9.17) is 180 Å². The number of hydrogen-bond donors (Lipinski definition) is 1. The van der Waals surface area contributed by atoms with E-state index in [9.17, 15) is 4.79 Å². The molecule has 39 heteroatoms. The number of ether oxygens (including phenoxy) is 37. The normalized spacial score (nSPS) is 11.9.